The minimum atomic E-state index is -2.94. The fourth-order valence-corrected chi connectivity index (χ4v) is 5.40. The summed E-state index contributed by atoms with van der Waals surface area (Å²) in [5, 5.41) is 57.3. The molecule has 6 atom stereocenters. The second kappa shape index (κ2) is 6.42. The highest BCUT2D eigenvalue weighted by Crippen LogP contribution is 2.67. The molecule has 3 fully saturated rings. The third-order valence-corrected chi connectivity index (χ3v) is 6.74. The zero-order valence-electron chi connectivity index (χ0n) is 16.8. The molecule has 3 aliphatic rings. The van der Waals surface area contributed by atoms with Gasteiger partial charge in [-0.25, -0.2) is 9.59 Å². The van der Waals surface area contributed by atoms with Gasteiger partial charge in [-0.1, -0.05) is 30.3 Å². The molecule has 32 heavy (non-hydrogen) atoms. The van der Waals surface area contributed by atoms with Crippen LogP contribution in [0.25, 0.3) is 5.76 Å². The van der Waals surface area contributed by atoms with Gasteiger partial charge in [0.1, 0.15) is 40.7 Å². The van der Waals surface area contributed by atoms with Gasteiger partial charge in [-0.2, -0.15) is 0 Å². The zero-order chi connectivity index (χ0) is 23.1. The Bertz CT molecular complexity index is 1200. The van der Waals surface area contributed by atoms with Crippen LogP contribution in [-0.4, -0.2) is 67.6 Å². The van der Waals surface area contributed by atoms with Crippen LogP contribution in [-0.2, 0) is 9.53 Å². The number of rotatable bonds is 3. The molecule has 1 aromatic heterocycles. The number of ether oxygens (including phenoxy) is 2. The monoisotopic (exact) mass is 444 g/mol. The normalized spacial score (nSPS) is 39.0. The second-order valence-corrected chi connectivity index (χ2v) is 8.29. The molecule has 1 aliphatic heterocycles. The predicted octanol–water partition coefficient (Wildman–Crippen LogP) is -0.402. The molecule has 168 valence electrons. The van der Waals surface area contributed by atoms with Crippen molar-refractivity contribution in [2.75, 3.05) is 7.11 Å². The molecule has 2 saturated carbocycles. The van der Waals surface area contributed by atoms with Gasteiger partial charge in [0.15, 0.2) is 0 Å². The van der Waals surface area contributed by atoms with E-state index in [1.54, 1.807) is 18.2 Å². The number of aliphatic hydroxyl groups excluding tert-OH is 2. The Labute approximate surface area is 180 Å². The van der Waals surface area contributed by atoms with Gasteiger partial charge in [0, 0.05) is 18.1 Å². The number of esters is 1. The maximum Gasteiger partial charge on any atom is 0.346 e. The zero-order valence-corrected chi connectivity index (χ0v) is 16.8. The first-order valence-corrected chi connectivity index (χ1v) is 9.84. The van der Waals surface area contributed by atoms with E-state index < -0.39 is 64.3 Å². The van der Waals surface area contributed by atoms with E-state index in [0.717, 1.165) is 6.07 Å². The van der Waals surface area contributed by atoms with Crippen LogP contribution in [0.15, 0.2) is 57.2 Å². The Balaban J connectivity index is 1.88. The summed E-state index contributed by atoms with van der Waals surface area (Å²) in [5.41, 5.74) is -9.57. The Kier molecular flexibility index (Phi) is 4.16. The van der Waals surface area contributed by atoms with E-state index in [9.17, 15) is 35.1 Å². The van der Waals surface area contributed by atoms with Crippen LogP contribution in [0.2, 0.25) is 0 Å². The van der Waals surface area contributed by atoms with Gasteiger partial charge in [-0.05, 0) is 0 Å². The molecule has 1 aromatic carbocycles. The molecule has 0 spiro atoms. The van der Waals surface area contributed by atoms with E-state index in [2.05, 4.69) is 0 Å². The van der Waals surface area contributed by atoms with Gasteiger partial charge in [-0.3, -0.25) is 0 Å². The average Bonchev–Trinajstić information content (AvgIpc) is 2.87. The first kappa shape index (κ1) is 20.7. The highest BCUT2D eigenvalue weighted by atomic mass is 16.6. The molecule has 10 heteroatoms. The lowest BCUT2D eigenvalue weighted by atomic mass is 9.65. The summed E-state index contributed by atoms with van der Waals surface area (Å²) in [4.78, 5) is 25.0. The van der Waals surface area contributed by atoms with E-state index in [4.69, 9.17) is 13.9 Å². The summed E-state index contributed by atoms with van der Waals surface area (Å²) < 4.78 is 15.4. The maximum absolute atomic E-state index is 12.9. The lowest BCUT2D eigenvalue weighted by molar-refractivity contribution is -0.251. The molecular weight excluding hydrogens is 424 g/mol. The molecule has 5 N–H and O–H groups in total. The smallest absolute Gasteiger partial charge is 0.346 e. The Hall–Kier alpha value is -3.18. The summed E-state index contributed by atoms with van der Waals surface area (Å²) in [6.07, 6.45) is -3.74. The van der Waals surface area contributed by atoms with Crippen LogP contribution in [0.3, 0.4) is 0 Å². The van der Waals surface area contributed by atoms with Crippen molar-refractivity contribution in [2.24, 2.45) is 0 Å². The lowest BCUT2D eigenvalue weighted by Crippen LogP contribution is -2.69. The minimum Gasteiger partial charge on any atom is -0.507 e. The summed E-state index contributed by atoms with van der Waals surface area (Å²) >= 11 is 0. The van der Waals surface area contributed by atoms with Crippen molar-refractivity contribution >= 4 is 11.7 Å². The van der Waals surface area contributed by atoms with Gasteiger partial charge in [0.2, 0.25) is 5.60 Å². The number of fused-ring (bicyclic) bond motifs is 2. The summed E-state index contributed by atoms with van der Waals surface area (Å²) in [6, 6.07) is 9.92. The largest absolute Gasteiger partial charge is 0.507 e. The van der Waals surface area contributed by atoms with Gasteiger partial charge in [0.25, 0.3) is 0 Å². The van der Waals surface area contributed by atoms with Crippen molar-refractivity contribution in [3.8, 4) is 5.75 Å². The van der Waals surface area contributed by atoms with Gasteiger partial charge in [-0.15, -0.1) is 0 Å². The van der Waals surface area contributed by atoms with E-state index >= 15 is 0 Å². The number of carbonyl (C=O) groups excluding carboxylic acids is 1. The molecule has 2 aromatic rings. The number of aliphatic hydroxyl groups is 5. The van der Waals surface area contributed by atoms with E-state index in [1.165, 1.54) is 25.3 Å². The molecule has 0 radical (unpaired) electrons. The molecule has 3 bridgehead atoms. The lowest BCUT2D eigenvalue weighted by Gasteiger charge is -2.50. The summed E-state index contributed by atoms with van der Waals surface area (Å²) in [5.74, 6) is -4.11. The fraction of sp³-hybridized carbons (Fsp3) is 0.364. The van der Waals surface area contributed by atoms with Gasteiger partial charge in [0.05, 0.1) is 24.7 Å². The van der Waals surface area contributed by atoms with Crippen molar-refractivity contribution in [2.45, 2.75) is 41.3 Å². The number of hydrogen-bond donors (Lipinski definition) is 5. The Morgan fingerprint density at radius 1 is 1.12 bits per heavy atom. The fourth-order valence-electron chi connectivity index (χ4n) is 5.40. The van der Waals surface area contributed by atoms with Crippen molar-refractivity contribution < 1.29 is 44.2 Å². The molecule has 1 unspecified atom stereocenters. The highest BCUT2D eigenvalue weighted by molar-refractivity contribution is 5.94. The van der Waals surface area contributed by atoms with E-state index in [1.807, 2.05) is 0 Å². The standard InChI is InChI=1S/C22H20O10/c1-30-11-7-12(31-14(23)8-11)16-20(27)9-13-18(25)21(16,28)17(22(20,29)19(26)32-13)15(24)10-5-3-2-4-6-10/h2-8,13,16,18,24-25,27-29H,9H2,1H3/b17-15+/t13-,16-,18?,20-,21+,22-/m1/s1. The van der Waals surface area contributed by atoms with Crippen LogP contribution in [0, 0.1) is 0 Å². The molecule has 2 aliphatic carbocycles. The molecule has 10 nitrogen and oxygen atoms in total. The second-order valence-electron chi connectivity index (χ2n) is 8.29. The quantitative estimate of drug-likeness (QED) is 0.310. The maximum atomic E-state index is 12.9. The molecular formula is C22H20O10. The van der Waals surface area contributed by atoms with Crippen molar-refractivity contribution in [1.29, 1.82) is 0 Å². The molecule has 0 amide bonds. The van der Waals surface area contributed by atoms with Crippen LogP contribution in [0.5, 0.6) is 5.75 Å². The summed E-state index contributed by atoms with van der Waals surface area (Å²) in [6.45, 7) is 0. The average molecular weight is 444 g/mol. The molecule has 2 heterocycles. The number of benzene rings is 1. The van der Waals surface area contributed by atoms with Crippen LogP contribution >= 0.6 is 0 Å². The number of methoxy groups -OCH3 is 1. The van der Waals surface area contributed by atoms with Crippen molar-refractivity contribution in [3.05, 3.63) is 69.8 Å². The molecule has 1 saturated heterocycles. The first-order chi connectivity index (χ1) is 15.1. The SMILES string of the molecule is COc1cc([C@@H]2[C@]3(O)C[C@H]4OC(=O)[C@]3(O)/C(=C(/O)c3ccccc3)[C@]2(O)C4O)oc(=O)c1. The highest BCUT2D eigenvalue weighted by Gasteiger charge is 2.85. The van der Waals surface area contributed by atoms with Gasteiger partial charge >= 0.3 is 11.6 Å². The van der Waals surface area contributed by atoms with Crippen LogP contribution < -0.4 is 10.4 Å². The number of hydrogen-bond acceptors (Lipinski definition) is 10. The minimum absolute atomic E-state index is 0.0282. The van der Waals surface area contributed by atoms with E-state index in [-0.39, 0.29) is 17.1 Å². The Morgan fingerprint density at radius 3 is 2.47 bits per heavy atom. The van der Waals surface area contributed by atoms with Crippen LogP contribution in [0.4, 0.5) is 0 Å². The van der Waals surface area contributed by atoms with Crippen molar-refractivity contribution in [1.82, 2.24) is 0 Å². The topological polar surface area (TPSA) is 167 Å². The first-order valence-electron chi connectivity index (χ1n) is 9.84. The van der Waals surface area contributed by atoms with Crippen molar-refractivity contribution in [3.63, 3.8) is 0 Å². The summed E-state index contributed by atoms with van der Waals surface area (Å²) in [7, 11) is 1.28. The Morgan fingerprint density at radius 2 is 1.81 bits per heavy atom. The predicted molar refractivity (Wildman–Crippen MR) is 106 cm³/mol. The third-order valence-electron chi connectivity index (χ3n) is 6.74. The van der Waals surface area contributed by atoms with E-state index in [0.29, 0.717) is 0 Å². The number of carbonyl (C=O) groups is 1. The van der Waals surface area contributed by atoms with Gasteiger partial charge < -0.3 is 39.4 Å². The third kappa shape index (κ3) is 2.27. The van der Waals surface area contributed by atoms with Crippen LogP contribution in [0.1, 0.15) is 23.7 Å². The molecule has 5 rings (SSSR count).